The van der Waals surface area contributed by atoms with E-state index in [-0.39, 0.29) is 0 Å². The molecule has 0 saturated heterocycles. The number of hydrogen-bond acceptors (Lipinski definition) is 4. The SMILES string of the molecule is CNCc1csc(S(=O)(=O)N(C)CC2CCCC2)c1. The summed E-state index contributed by atoms with van der Waals surface area (Å²) in [5.74, 6) is 0.538. The van der Waals surface area contributed by atoms with Crippen LogP contribution < -0.4 is 5.32 Å². The van der Waals surface area contributed by atoms with Crippen LogP contribution in [0.2, 0.25) is 0 Å². The van der Waals surface area contributed by atoms with Gasteiger partial charge in [0.05, 0.1) is 0 Å². The van der Waals surface area contributed by atoms with E-state index in [4.69, 9.17) is 0 Å². The van der Waals surface area contributed by atoms with Gasteiger partial charge in [-0.15, -0.1) is 11.3 Å². The molecule has 0 aliphatic heterocycles. The second-order valence-electron chi connectivity index (χ2n) is 5.24. The van der Waals surface area contributed by atoms with E-state index < -0.39 is 10.0 Å². The van der Waals surface area contributed by atoms with Crippen LogP contribution in [-0.4, -0.2) is 33.4 Å². The summed E-state index contributed by atoms with van der Waals surface area (Å²) in [7, 11) is 0.259. The molecule has 1 saturated carbocycles. The lowest BCUT2D eigenvalue weighted by atomic mass is 10.1. The van der Waals surface area contributed by atoms with Gasteiger partial charge < -0.3 is 5.32 Å². The minimum atomic E-state index is -3.30. The standard InChI is InChI=1S/C13H22N2O2S2/c1-14-8-12-7-13(18-10-12)19(16,17)15(2)9-11-5-3-4-6-11/h7,10-11,14H,3-6,8-9H2,1-2H3. The lowest BCUT2D eigenvalue weighted by Crippen LogP contribution is -2.30. The van der Waals surface area contributed by atoms with Crippen molar-refractivity contribution in [2.45, 2.75) is 36.4 Å². The van der Waals surface area contributed by atoms with Crippen molar-refractivity contribution in [2.75, 3.05) is 20.6 Å². The molecule has 0 spiro atoms. The molecule has 2 rings (SSSR count). The first-order valence-corrected chi connectivity index (χ1v) is 9.04. The summed E-state index contributed by atoms with van der Waals surface area (Å²) in [6.07, 6.45) is 4.80. The van der Waals surface area contributed by atoms with Crippen molar-refractivity contribution < 1.29 is 8.42 Å². The Morgan fingerprint density at radius 3 is 2.74 bits per heavy atom. The second kappa shape index (κ2) is 6.35. The molecule has 0 bridgehead atoms. The average Bonchev–Trinajstić information content (AvgIpc) is 3.00. The van der Waals surface area contributed by atoms with E-state index in [1.54, 1.807) is 13.1 Å². The van der Waals surface area contributed by atoms with Crippen molar-refractivity contribution in [3.8, 4) is 0 Å². The molecule has 1 aromatic heterocycles. The van der Waals surface area contributed by atoms with Crippen LogP contribution in [0.5, 0.6) is 0 Å². The van der Waals surface area contributed by atoms with Crippen molar-refractivity contribution in [2.24, 2.45) is 5.92 Å². The van der Waals surface area contributed by atoms with Crippen LogP contribution in [0, 0.1) is 5.92 Å². The summed E-state index contributed by atoms with van der Waals surface area (Å²) in [5, 5.41) is 4.94. The number of sulfonamides is 1. The summed E-state index contributed by atoms with van der Waals surface area (Å²) in [6.45, 7) is 1.36. The van der Waals surface area contributed by atoms with Crippen LogP contribution in [0.1, 0.15) is 31.2 Å². The molecule has 4 nitrogen and oxygen atoms in total. The van der Waals surface area contributed by atoms with Gasteiger partial charge in [-0.1, -0.05) is 12.8 Å². The maximum absolute atomic E-state index is 12.5. The maximum Gasteiger partial charge on any atom is 0.252 e. The first kappa shape index (κ1) is 15.0. The molecule has 0 unspecified atom stereocenters. The minimum Gasteiger partial charge on any atom is -0.316 e. The highest BCUT2D eigenvalue weighted by Gasteiger charge is 2.26. The van der Waals surface area contributed by atoms with Gasteiger partial charge in [-0.3, -0.25) is 0 Å². The molecule has 6 heteroatoms. The Morgan fingerprint density at radius 2 is 2.11 bits per heavy atom. The topological polar surface area (TPSA) is 49.4 Å². The van der Waals surface area contributed by atoms with Crippen molar-refractivity contribution in [1.29, 1.82) is 0 Å². The number of thiophene rings is 1. The normalized spacial score (nSPS) is 17.4. The minimum absolute atomic E-state index is 0.457. The van der Waals surface area contributed by atoms with Gasteiger partial charge in [0, 0.05) is 20.1 Å². The van der Waals surface area contributed by atoms with Gasteiger partial charge >= 0.3 is 0 Å². The molecule has 19 heavy (non-hydrogen) atoms. The first-order valence-electron chi connectivity index (χ1n) is 6.72. The van der Waals surface area contributed by atoms with Crippen LogP contribution in [0.25, 0.3) is 0 Å². The predicted molar refractivity (Wildman–Crippen MR) is 78.9 cm³/mol. The molecule has 0 radical (unpaired) electrons. The number of rotatable bonds is 6. The third kappa shape index (κ3) is 3.56. The van der Waals surface area contributed by atoms with Crippen molar-refractivity contribution in [3.63, 3.8) is 0 Å². The van der Waals surface area contributed by atoms with E-state index in [0.29, 0.717) is 23.2 Å². The Hall–Kier alpha value is -0.430. The summed E-state index contributed by atoms with van der Waals surface area (Å²) in [5.41, 5.74) is 1.03. The Bertz CT molecular complexity index is 504. The molecule has 1 aliphatic rings. The Morgan fingerprint density at radius 1 is 1.42 bits per heavy atom. The lowest BCUT2D eigenvalue weighted by Gasteiger charge is -2.19. The van der Waals surface area contributed by atoms with Crippen LogP contribution >= 0.6 is 11.3 Å². The highest BCUT2D eigenvalue weighted by Crippen LogP contribution is 2.28. The molecule has 1 heterocycles. The molecule has 0 atom stereocenters. The summed E-state index contributed by atoms with van der Waals surface area (Å²) in [4.78, 5) is 0. The molecule has 1 N–H and O–H groups in total. The molecular formula is C13H22N2O2S2. The van der Waals surface area contributed by atoms with Crippen LogP contribution in [-0.2, 0) is 16.6 Å². The van der Waals surface area contributed by atoms with Gasteiger partial charge in [-0.05, 0) is 42.8 Å². The van der Waals surface area contributed by atoms with E-state index in [2.05, 4.69) is 5.32 Å². The number of hydrogen-bond donors (Lipinski definition) is 1. The molecule has 1 aromatic rings. The third-order valence-electron chi connectivity index (χ3n) is 3.67. The fraction of sp³-hybridized carbons (Fsp3) is 0.692. The highest BCUT2D eigenvalue weighted by atomic mass is 32.2. The van der Waals surface area contributed by atoms with Gasteiger partial charge in [-0.2, -0.15) is 4.31 Å². The summed E-state index contributed by atoms with van der Waals surface area (Å²) in [6, 6.07) is 1.78. The van der Waals surface area contributed by atoms with Crippen molar-refractivity contribution in [1.82, 2.24) is 9.62 Å². The van der Waals surface area contributed by atoms with E-state index in [0.717, 1.165) is 18.4 Å². The quantitative estimate of drug-likeness (QED) is 0.877. The van der Waals surface area contributed by atoms with E-state index in [1.165, 1.54) is 28.5 Å². The third-order valence-corrected chi connectivity index (χ3v) is 6.95. The summed E-state index contributed by atoms with van der Waals surface area (Å²) < 4.78 is 26.9. The average molecular weight is 302 g/mol. The fourth-order valence-corrected chi connectivity index (χ4v) is 5.26. The molecule has 0 amide bonds. The van der Waals surface area contributed by atoms with Gasteiger partial charge in [0.15, 0.2) is 0 Å². The lowest BCUT2D eigenvalue weighted by molar-refractivity contribution is 0.388. The highest BCUT2D eigenvalue weighted by molar-refractivity contribution is 7.91. The second-order valence-corrected chi connectivity index (χ2v) is 8.42. The zero-order valence-corrected chi connectivity index (χ0v) is 13.2. The Balaban J connectivity index is 2.06. The Labute approximate surface area is 119 Å². The zero-order valence-electron chi connectivity index (χ0n) is 11.6. The molecule has 0 aromatic carbocycles. The van der Waals surface area contributed by atoms with Crippen LogP contribution in [0.4, 0.5) is 0 Å². The summed E-state index contributed by atoms with van der Waals surface area (Å²) >= 11 is 1.31. The van der Waals surface area contributed by atoms with E-state index in [1.807, 2.05) is 12.4 Å². The first-order chi connectivity index (χ1) is 9.04. The monoisotopic (exact) mass is 302 g/mol. The fourth-order valence-electron chi connectivity index (χ4n) is 2.59. The zero-order chi connectivity index (χ0) is 13.9. The molecular weight excluding hydrogens is 280 g/mol. The number of nitrogens with one attached hydrogen (secondary N) is 1. The van der Waals surface area contributed by atoms with Gasteiger partial charge in [0.2, 0.25) is 0 Å². The maximum atomic E-state index is 12.5. The van der Waals surface area contributed by atoms with E-state index in [9.17, 15) is 8.42 Å². The largest absolute Gasteiger partial charge is 0.316 e. The predicted octanol–water partition coefficient (Wildman–Crippen LogP) is 2.28. The van der Waals surface area contributed by atoms with Gasteiger partial charge in [-0.25, -0.2) is 8.42 Å². The van der Waals surface area contributed by atoms with E-state index >= 15 is 0 Å². The van der Waals surface area contributed by atoms with Gasteiger partial charge in [0.25, 0.3) is 10.0 Å². The van der Waals surface area contributed by atoms with Crippen LogP contribution in [0.3, 0.4) is 0 Å². The van der Waals surface area contributed by atoms with Crippen molar-refractivity contribution in [3.05, 3.63) is 17.0 Å². The molecule has 1 aliphatic carbocycles. The molecule has 1 fully saturated rings. The number of nitrogens with zero attached hydrogens (tertiary/aromatic N) is 1. The van der Waals surface area contributed by atoms with Crippen LogP contribution in [0.15, 0.2) is 15.7 Å². The van der Waals surface area contributed by atoms with Crippen molar-refractivity contribution >= 4 is 21.4 Å². The molecule has 108 valence electrons. The Kier molecular flexibility index (Phi) is 5.00. The smallest absolute Gasteiger partial charge is 0.252 e. The van der Waals surface area contributed by atoms with Gasteiger partial charge in [0.1, 0.15) is 4.21 Å².